The van der Waals surface area contributed by atoms with Crippen LogP contribution in [0.4, 0.5) is 0 Å². The van der Waals surface area contributed by atoms with Crippen LogP contribution in [0.15, 0.2) is 24.5 Å². The van der Waals surface area contributed by atoms with Gasteiger partial charge in [0.05, 0.1) is 0 Å². The van der Waals surface area contributed by atoms with E-state index in [-0.39, 0.29) is 5.91 Å². The summed E-state index contributed by atoms with van der Waals surface area (Å²) in [6.07, 6.45) is 7.34. The highest BCUT2D eigenvalue weighted by molar-refractivity contribution is 5.76. The molecule has 1 atom stereocenters. The first-order chi connectivity index (χ1) is 10.7. The van der Waals surface area contributed by atoms with Crippen molar-refractivity contribution in [3.05, 3.63) is 35.9 Å². The minimum Gasteiger partial charge on any atom is -0.342 e. The van der Waals surface area contributed by atoms with E-state index in [1.165, 1.54) is 6.42 Å². The van der Waals surface area contributed by atoms with Crippen LogP contribution in [0, 0.1) is 12.8 Å². The topological polar surface area (TPSA) is 66.8 Å². The lowest BCUT2D eigenvalue weighted by molar-refractivity contribution is -0.133. The first-order valence-electron chi connectivity index (χ1n) is 7.97. The van der Waals surface area contributed by atoms with Gasteiger partial charge < -0.3 is 4.90 Å². The second kappa shape index (κ2) is 6.77. The molecule has 0 bridgehead atoms. The highest BCUT2D eigenvalue weighted by atomic mass is 16.2. The summed E-state index contributed by atoms with van der Waals surface area (Å²) in [5, 5.41) is 11.2. The van der Waals surface area contributed by atoms with Crippen LogP contribution < -0.4 is 0 Å². The molecule has 1 N–H and O–H groups in total. The average molecular weight is 301 g/mol. The number of hydrogen-bond acceptors (Lipinski definition) is 3. The van der Waals surface area contributed by atoms with Crippen LogP contribution in [-0.2, 0) is 17.8 Å². The monoisotopic (exact) mass is 301 g/mol. The van der Waals surface area contributed by atoms with Crippen molar-refractivity contribution in [3.63, 3.8) is 0 Å². The van der Waals surface area contributed by atoms with Crippen molar-refractivity contribution >= 4 is 5.91 Å². The summed E-state index contributed by atoms with van der Waals surface area (Å²) in [6.45, 7) is 4.42. The fourth-order valence-electron chi connectivity index (χ4n) is 3.16. The molecule has 1 amide bonds. The Morgan fingerprint density at radius 1 is 1.41 bits per heavy atom. The maximum Gasteiger partial charge on any atom is 0.224 e. The molecule has 2 aromatic rings. The SMILES string of the molecule is Cc1ccnn1CCC(=O)N1CCC[C@H](Cc2ccn[nH]2)C1. The Kier molecular flexibility index (Phi) is 4.56. The van der Waals surface area contributed by atoms with Crippen molar-refractivity contribution in [2.75, 3.05) is 13.1 Å². The quantitative estimate of drug-likeness (QED) is 0.915. The molecule has 1 fully saturated rings. The molecule has 1 saturated heterocycles. The average Bonchev–Trinajstić information content (AvgIpc) is 3.17. The highest BCUT2D eigenvalue weighted by Gasteiger charge is 2.24. The van der Waals surface area contributed by atoms with Gasteiger partial charge in [-0.05, 0) is 44.2 Å². The molecule has 0 unspecified atom stereocenters. The fourth-order valence-corrected chi connectivity index (χ4v) is 3.16. The summed E-state index contributed by atoms with van der Waals surface area (Å²) in [4.78, 5) is 14.4. The molecule has 0 radical (unpaired) electrons. The molecule has 3 rings (SSSR count). The van der Waals surface area contributed by atoms with E-state index in [9.17, 15) is 4.79 Å². The molecular formula is C16H23N5O. The first-order valence-corrected chi connectivity index (χ1v) is 7.97. The Hall–Kier alpha value is -2.11. The van der Waals surface area contributed by atoms with Crippen molar-refractivity contribution in [1.29, 1.82) is 0 Å². The maximum atomic E-state index is 12.4. The van der Waals surface area contributed by atoms with E-state index in [0.29, 0.717) is 18.9 Å². The van der Waals surface area contributed by atoms with E-state index in [1.807, 2.05) is 28.6 Å². The van der Waals surface area contributed by atoms with Gasteiger partial charge in [0.15, 0.2) is 0 Å². The molecule has 6 heteroatoms. The lowest BCUT2D eigenvalue weighted by Gasteiger charge is -2.32. The van der Waals surface area contributed by atoms with Crippen LogP contribution in [0.25, 0.3) is 0 Å². The summed E-state index contributed by atoms with van der Waals surface area (Å²) in [6, 6.07) is 3.98. The minimum atomic E-state index is 0.240. The number of H-pyrrole nitrogens is 1. The zero-order valence-electron chi connectivity index (χ0n) is 13.0. The van der Waals surface area contributed by atoms with Gasteiger partial charge in [-0.15, -0.1) is 0 Å². The summed E-state index contributed by atoms with van der Waals surface area (Å²) in [5.41, 5.74) is 2.26. The van der Waals surface area contributed by atoms with Gasteiger partial charge in [-0.1, -0.05) is 0 Å². The minimum absolute atomic E-state index is 0.240. The molecule has 1 aliphatic heterocycles. The van der Waals surface area contributed by atoms with Crippen molar-refractivity contribution in [2.45, 2.75) is 39.2 Å². The van der Waals surface area contributed by atoms with Crippen LogP contribution in [0.5, 0.6) is 0 Å². The molecule has 0 aliphatic carbocycles. The molecule has 0 saturated carbocycles. The molecule has 0 aromatic carbocycles. The van der Waals surface area contributed by atoms with E-state index >= 15 is 0 Å². The predicted molar refractivity (Wildman–Crippen MR) is 83.2 cm³/mol. The number of piperidine rings is 1. The summed E-state index contributed by atoms with van der Waals surface area (Å²) in [5.74, 6) is 0.772. The Morgan fingerprint density at radius 3 is 3.05 bits per heavy atom. The van der Waals surface area contributed by atoms with E-state index in [4.69, 9.17) is 0 Å². The molecule has 0 spiro atoms. The highest BCUT2D eigenvalue weighted by Crippen LogP contribution is 2.20. The number of aryl methyl sites for hydroxylation is 2. The van der Waals surface area contributed by atoms with Crippen LogP contribution in [-0.4, -0.2) is 43.9 Å². The van der Waals surface area contributed by atoms with E-state index < -0.39 is 0 Å². The molecule has 3 heterocycles. The number of carbonyl (C=O) groups is 1. The second-order valence-corrected chi connectivity index (χ2v) is 6.08. The van der Waals surface area contributed by atoms with Crippen molar-refractivity contribution in [2.24, 2.45) is 5.92 Å². The van der Waals surface area contributed by atoms with E-state index in [0.717, 1.165) is 37.3 Å². The number of aromatic amines is 1. The Balaban J connectivity index is 1.50. The van der Waals surface area contributed by atoms with Gasteiger partial charge in [0.2, 0.25) is 5.91 Å². The first kappa shape index (κ1) is 14.8. The van der Waals surface area contributed by atoms with Crippen LogP contribution >= 0.6 is 0 Å². The third-order valence-corrected chi connectivity index (χ3v) is 4.41. The lowest BCUT2D eigenvalue weighted by atomic mass is 9.93. The Bertz CT molecular complexity index is 604. The number of nitrogens with one attached hydrogen (secondary N) is 1. The number of likely N-dealkylation sites (tertiary alicyclic amines) is 1. The Labute approximate surface area is 130 Å². The second-order valence-electron chi connectivity index (χ2n) is 6.08. The number of aromatic nitrogens is 4. The maximum absolute atomic E-state index is 12.4. The van der Waals surface area contributed by atoms with Gasteiger partial charge in [0, 0.05) is 49.8 Å². The smallest absolute Gasteiger partial charge is 0.224 e. The van der Waals surface area contributed by atoms with Gasteiger partial charge in [-0.3, -0.25) is 14.6 Å². The largest absolute Gasteiger partial charge is 0.342 e. The third-order valence-electron chi connectivity index (χ3n) is 4.41. The summed E-state index contributed by atoms with van der Waals surface area (Å²) in [7, 11) is 0. The normalized spacial score (nSPS) is 18.6. The number of amides is 1. The van der Waals surface area contributed by atoms with Crippen LogP contribution in [0.2, 0.25) is 0 Å². The van der Waals surface area contributed by atoms with Gasteiger partial charge in [-0.2, -0.15) is 10.2 Å². The van der Waals surface area contributed by atoms with Gasteiger partial charge >= 0.3 is 0 Å². The molecule has 22 heavy (non-hydrogen) atoms. The number of hydrogen-bond donors (Lipinski definition) is 1. The van der Waals surface area contributed by atoms with Crippen molar-refractivity contribution < 1.29 is 4.79 Å². The molecule has 1 aliphatic rings. The van der Waals surface area contributed by atoms with E-state index in [2.05, 4.69) is 15.3 Å². The fraction of sp³-hybridized carbons (Fsp3) is 0.562. The summed E-state index contributed by atoms with van der Waals surface area (Å²) >= 11 is 0. The number of carbonyl (C=O) groups excluding carboxylic acids is 1. The molecule has 118 valence electrons. The Morgan fingerprint density at radius 2 is 2.32 bits per heavy atom. The number of nitrogens with zero attached hydrogens (tertiary/aromatic N) is 4. The van der Waals surface area contributed by atoms with Gasteiger partial charge in [0.25, 0.3) is 0 Å². The van der Waals surface area contributed by atoms with Gasteiger partial charge in [0.1, 0.15) is 0 Å². The standard InChI is InChI=1S/C16H23N5O/c1-13-4-8-18-21(13)10-6-16(22)20-9-2-3-14(12-20)11-15-5-7-17-19-15/h4-5,7-8,14H,2-3,6,9-12H2,1H3,(H,17,19)/t14-/m1/s1. The predicted octanol–water partition coefficient (Wildman–Crippen LogP) is 1.79. The van der Waals surface area contributed by atoms with Crippen LogP contribution in [0.1, 0.15) is 30.7 Å². The zero-order valence-corrected chi connectivity index (χ0v) is 13.0. The molecular weight excluding hydrogens is 278 g/mol. The molecule has 2 aromatic heterocycles. The van der Waals surface area contributed by atoms with Crippen molar-refractivity contribution in [3.8, 4) is 0 Å². The lowest BCUT2D eigenvalue weighted by Crippen LogP contribution is -2.40. The summed E-state index contributed by atoms with van der Waals surface area (Å²) < 4.78 is 1.89. The van der Waals surface area contributed by atoms with E-state index in [1.54, 1.807) is 12.4 Å². The molecule has 6 nitrogen and oxygen atoms in total. The van der Waals surface area contributed by atoms with Crippen molar-refractivity contribution in [1.82, 2.24) is 24.9 Å². The van der Waals surface area contributed by atoms with Crippen LogP contribution in [0.3, 0.4) is 0 Å². The number of rotatable bonds is 5. The van der Waals surface area contributed by atoms with Gasteiger partial charge in [-0.25, -0.2) is 0 Å². The third kappa shape index (κ3) is 3.55. The zero-order chi connectivity index (χ0) is 15.4.